The van der Waals surface area contributed by atoms with E-state index >= 15 is 0 Å². The summed E-state index contributed by atoms with van der Waals surface area (Å²) in [5.41, 5.74) is 2.11. The summed E-state index contributed by atoms with van der Waals surface area (Å²) >= 11 is 0. The zero-order valence-corrected chi connectivity index (χ0v) is 17.4. The number of ketones is 1. The summed E-state index contributed by atoms with van der Waals surface area (Å²) in [6.45, 7) is 1.08. The summed E-state index contributed by atoms with van der Waals surface area (Å²) in [4.78, 5) is 41.9. The molecule has 1 N–H and O–H groups in total. The quantitative estimate of drug-likeness (QED) is 0.367. The van der Waals surface area contributed by atoms with Crippen LogP contribution in [-0.4, -0.2) is 47.2 Å². The van der Waals surface area contributed by atoms with Gasteiger partial charge in [0, 0.05) is 35.8 Å². The van der Waals surface area contributed by atoms with E-state index in [2.05, 4.69) is 4.98 Å². The SMILES string of the molecule is O=C(Cc1coc2ccc3ccccc3c12)OCC(=O)c1c[nH]c(C(=O)N2CCCC2)c1. The monoisotopic (exact) mass is 430 g/mol. The molecule has 7 nitrogen and oxygen atoms in total. The summed E-state index contributed by atoms with van der Waals surface area (Å²) < 4.78 is 10.8. The second kappa shape index (κ2) is 8.34. The van der Waals surface area contributed by atoms with Gasteiger partial charge in [0.2, 0.25) is 5.78 Å². The Morgan fingerprint density at radius 3 is 2.72 bits per heavy atom. The van der Waals surface area contributed by atoms with Gasteiger partial charge in [-0.3, -0.25) is 14.4 Å². The topological polar surface area (TPSA) is 92.6 Å². The van der Waals surface area contributed by atoms with E-state index in [0.717, 1.165) is 47.7 Å². The van der Waals surface area contributed by atoms with Crippen LogP contribution in [0.4, 0.5) is 0 Å². The maximum atomic E-state index is 12.5. The minimum absolute atomic E-state index is 0.000119. The molecule has 4 aromatic rings. The van der Waals surface area contributed by atoms with Crippen molar-refractivity contribution in [1.82, 2.24) is 9.88 Å². The number of carbonyl (C=O) groups is 3. The molecule has 1 fully saturated rings. The Labute approximate surface area is 183 Å². The summed E-state index contributed by atoms with van der Waals surface area (Å²) in [5.74, 6) is -0.993. The minimum Gasteiger partial charge on any atom is -0.464 e. The number of likely N-dealkylation sites (tertiary alicyclic amines) is 1. The number of Topliss-reactive ketones (excluding diaryl/α,β-unsaturated/α-hetero) is 1. The van der Waals surface area contributed by atoms with E-state index in [9.17, 15) is 14.4 Å². The number of fused-ring (bicyclic) bond motifs is 3. The van der Waals surface area contributed by atoms with E-state index in [4.69, 9.17) is 9.15 Å². The molecule has 1 saturated heterocycles. The number of nitrogens with zero attached hydrogens (tertiary/aromatic N) is 1. The number of ether oxygens (including phenoxy) is 1. The normalized spacial score (nSPS) is 13.7. The van der Waals surface area contributed by atoms with Gasteiger partial charge in [0.25, 0.3) is 5.91 Å². The third-order valence-electron chi connectivity index (χ3n) is 5.87. The average molecular weight is 430 g/mol. The van der Waals surface area contributed by atoms with Crippen LogP contribution >= 0.6 is 0 Å². The molecule has 0 aliphatic carbocycles. The van der Waals surface area contributed by atoms with Crippen LogP contribution in [0.3, 0.4) is 0 Å². The molecule has 1 aliphatic heterocycles. The van der Waals surface area contributed by atoms with Gasteiger partial charge < -0.3 is 19.0 Å². The van der Waals surface area contributed by atoms with Crippen LogP contribution in [0.1, 0.15) is 39.3 Å². The highest BCUT2D eigenvalue weighted by Crippen LogP contribution is 2.30. The lowest BCUT2D eigenvalue weighted by atomic mass is 10.0. The Morgan fingerprint density at radius 2 is 1.88 bits per heavy atom. The van der Waals surface area contributed by atoms with Crippen molar-refractivity contribution in [3.8, 4) is 0 Å². The number of nitrogens with one attached hydrogen (secondary N) is 1. The number of hydrogen-bond donors (Lipinski definition) is 1. The van der Waals surface area contributed by atoms with Crippen LogP contribution < -0.4 is 0 Å². The lowest BCUT2D eigenvalue weighted by Gasteiger charge is -2.13. The van der Waals surface area contributed by atoms with E-state index in [0.29, 0.717) is 16.8 Å². The maximum absolute atomic E-state index is 12.5. The van der Waals surface area contributed by atoms with E-state index in [1.165, 1.54) is 12.3 Å². The molecule has 3 heterocycles. The van der Waals surface area contributed by atoms with Crippen LogP contribution in [0.5, 0.6) is 0 Å². The Morgan fingerprint density at radius 1 is 1.06 bits per heavy atom. The Hall–Kier alpha value is -3.87. The molecule has 0 spiro atoms. The molecule has 0 unspecified atom stereocenters. The van der Waals surface area contributed by atoms with Crippen molar-refractivity contribution in [3.63, 3.8) is 0 Å². The Kier molecular flexibility index (Phi) is 5.23. The molecule has 0 atom stereocenters. The van der Waals surface area contributed by atoms with Crippen LogP contribution in [0.25, 0.3) is 21.7 Å². The maximum Gasteiger partial charge on any atom is 0.310 e. The van der Waals surface area contributed by atoms with Gasteiger partial charge in [0.1, 0.15) is 11.3 Å². The number of rotatable bonds is 6. The number of H-pyrrole nitrogens is 1. The third kappa shape index (κ3) is 3.77. The summed E-state index contributed by atoms with van der Waals surface area (Å²) in [7, 11) is 0. The molecule has 32 heavy (non-hydrogen) atoms. The van der Waals surface area contributed by atoms with Crippen molar-refractivity contribution < 1.29 is 23.5 Å². The lowest BCUT2D eigenvalue weighted by molar-refractivity contribution is -0.141. The lowest BCUT2D eigenvalue weighted by Crippen LogP contribution is -2.27. The fraction of sp³-hybridized carbons (Fsp3) is 0.240. The first-order valence-electron chi connectivity index (χ1n) is 10.6. The number of aromatic nitrogens is 1. The zero-order valence-electron chi connectivity index (χ0n) is 17.4. The smallest absolute Gasteiger partial charge is 0.310 e. The molecule has 0 saturated carbocycles. The van der Waals surface area contributed by atoms with Crippen molar-refractivity contribution in [2.45, 2.75) is 19.3 Å². The van der Waals surface area contributed by atoms with Crippen molar-refractivity contribution >= 4 is 39.4 Å². The second-order valence-electron chi connectivity index (χ2n) is 7.98. The summed E-state index contributed by atoms with van der Waals surface area (Å²) in [6.07, 6.45) is 5.03. The molecule has 162 valence electrons. The van der Waals surface area contributed by atoms with Gasteiger partial charge in [-0.2, -0.15) is 0 Å². The first kappa shape index (κ1) is 20.1. The second-order valence-corrected chi connectivity index (χ2v) is 7.98. The number of benzene rings is 2. The molecule has 2 aromatic carbocycles. The van der Waals surface area contributed by atoms with Crippen LogP contribution in [-0.2, 0) is 16.0 Å². The molecule has 5 rings (SSSR count). The van der Waals surface area contributed by atoms with Crippen molar-refractivity contribution in [3.05, 3.63) is 71.7 Å². The largest absolute Gasteiger partial charge is 0.464 e. The van der Waals surface area contributed by atoms with Crippen molar-refractivity contribution in [1.29, 1.82) is 0 Å². The first-order chi connectivity index (χ1) is 15.6. The number of amides is 1. The number of hydrogen-bond acceptors (Lipinski definition) is 5. The highest BCUT2D eigenvalue weighted by atomic mass is 16.5. The van der Waals surface area contributed by atoms with Gasteiger partial charge in [-0.1, -0.05) is 30.3 Å². The highest BCUT2D eigenvalue weighted by Gasteiger charge is 2.22. The number of esters is 1. The van der Waals surface area contributed by atoms with Gasteiger partial charge in [-0.05, 0) is 35.7 Å². The Bertz CT molecular complexity index is 1330. The van der Waals surface area contributed by atoms with Gasteiger partial charge in [-0.25, -0.2) is 0 Å². The average Bonchev–Trinajstić information content (AvgIpc) is 3.58. The Balaban J connectivity index is 1.23. The molecule has 1 aliphatic rings. The third-order valence-corrected chi connectivity index (χ3v) is 5.87. The minimum atomic E-state index is -0.516. The summed E-state index contributed by atoms with van der Waals surface area (Å²) in [5, 5.41) is 2.93. The standard InChI is InChI=1S/C25H22N2O5/c28-21(17-11-20(26-13-17)25(30)27-9-3-4-10-27)15-32-23(29)12-18-14-31-22-8-7-16-5-1-2-6-19(16)24(18)22/h1-2,5-8,11,13-14,26H,3-4,9-10,12,15H2. The number of furan rings is 1. The molecule has 0 bridgehead atoms. The fourth-order valence-electron chi connectivity index (χ4n) is 4.21. The molecular formula is C25H22N2O5. The predicted octanol–water partition coefficient (Wildman–Crippen LogP) is 4.12. The van der Waals surface area contributed by atoms with Crippen LogP contribution in [0, 0.1) is 0 Å². The first-order valence-corrected chi connectivity index (χ1v) is 10.6. The number of aromatic amines is 1. The van der Waals surface area contributed by atoms with E-state index < -0.39 is 5.97 Å². The van der Waals surface area contributed by atoms with Gasteiger partial charge in [-0.15, -0.1) is 0 Å². The molecule has 1 amide bonds. The van der Waals surface area contributed by atoms with E-state index in [1.807, 2.05) is 36.4 Å². The molecular weight excluding hydrogens is 408 g/mol. The zero-order chi connectivity index (χ0) is 22.1. The van der Waals surface area contributed by atoms with Crippen LogP contribution in [0.15, 0.2) is 59.3 Å². The van der Waals surface area contributed by atoms with E-state index in [1.54, 1.807) is 11.2 Å². The molecule has 2 aromatic heterocycles. The number of carbonyl (C=O) groups excluding carboxylic acids is 3. The fourth-order valence-corrected chi connectivity index (χ4v) is 4.21. The van der Waals surface area contributed by atoms with Crippen molar-refractivity contribution in [2.24, 2.45) is 0 Å². The van der Waals surface area contributed by atoms with Gasteiger partial charge >= 0.3 is 5.97 Å². The van der Waals surface area contributed by atoms with Crippen molar-refractivity contribution in [2.75, 3.05) is 19.7 Å². The van der Waals surface area contributed by atoms with Gasteiger partial charge in [0.15, 0.2) is 6.61 Å². The predicted molar refractivity (Wildman–Crippen MR) is 119 cm³/mol. The summed E-state index contributed by atoms with van der Waals surface area (Å²) in [6, 6.07) is 13.3. The van der Waals surface area contributed by atoms with Crippen LogP contribution in [0.2, 0.25) is 0 Å². The molecule has 0 radical (unpaired) electrons. The van der Waals surface area contributed by atoms with Gasteiger partial charge in [0.05, 0.1) is 12.7 Å². The molecule has 7 heteroatoms. The highest BCUT2D eigenvalue weighted by molar-refractivity contribution is 6.08. The van der Waals surface area contributed by atoms with E-state index in [-0.39, 0.29) is 24.7 Å².